The Kier molecular flexibility index (Phi) is 7.92. The van der Waals surface area contributed by atoms with Crippen LogP contribution in [0.4, 0.5) is 0 Å². The molecule has 2 nitrogen and oxygen atoms in total. The molecule has 0 aliphatic heterocycles. The van der Waals surface area contributed by atoms with Crippen molar-refractivity contribution in [3.8, 4) is 12.1 Å². The second-order valence-electron chi connectivity index (χ2n) is 9.16. The van der Waals surface area contributed by atoms with Crippen LogP contribution in [0.2, 0.25) is 0 Å². The number of nitrogens with zero attached hydrogens (tertiary/aromatic N) is 2. The summed E-state index contributed by atoms with van der Waals surface area (Å²) in [4.78, 5) is 0. The van der Waals surface area contributed by atoms with Gasteiger partial charge in [0.15, 0.2) is 0 Å². The summed E-state index contributed by atoms with van der Waals surface area (Å²) >= 11 is 0. The number of hydrogen-bond donors (Lipinski definition) is 0. The van der Waals surface area contributed by atoms with Crippen LogP contribution in [-0.2, 0) is 0 Å². The number of allylic oxidation sites excluding steroid dienone is 3. The van der Waals surface area contributed by atoms with Crippen LogP contribution in [-0.4, -0.2) is 0 Å². The molecule has 0 spiro atoms. The molecule has 0 aliphatic carbocycles. The maximum Gasteiger partial charge on any atom is 0.126 e. The van der Waals surface area contributed by atoms with Crippen LogP contribution in [0.1, 0.15) is 41.5 Å². The van der Waals surface area contributed by atoms with E-state index in [2.05, 4.69) is 97.9 Å². The number of hydrogen-bond acceptors (Lipinski definition) is 2. The van der Waals surface area contributed by atoms with Crippen molar-refractivity contribution in [2.24, 2.45) is 5.41 Å². The summed E-state index contributed by atoms with van der Waals surface area (Å²) in [6, 6.07) is 45.6. The highest BCUT2D eigenvalue weighted by Crippen LogP contribution is 2.42. The van der Waals surface area contributed by atoms with Crippen LogP contribution < -0.4 is 0 Å². The van der Waals surface area contributed by atoms with Gasteiger partial charge in [-0.3, -0.25) is 0 Å². The fourth-order valence-electron chi connectivity index (χ4n) is 4.72. The molecule has 0 saturated carbocycles. The summed E-state index contributed by atoms with van der Waals surface area (Å²) in [5.41, 5.74) is 5.20. The van der Waals surface area contributed by atoms with Crippen molar-refractivity contribution in [2.75, 3.05) is 0 Å². The van der Waals surface area contributed by atoms with Gasteiger partial charge in [-0.1, -0.05) is 134 Å². The normalized spacial score (nSPS) is 12.0. The van der Waals surface area contributed by atoms with Gasteiger partial charge in [0.1, 0.15) is 17.7 Å². The van der Waals surface area contributed by atoms with Gasteiger partial charge in [-0.05, 0) is 40.3 Å². The monoisotopic (exact) mass is 464 g/mol. The lowest BCUT2D eigenvalue weighted by Gasteiger charge is -2.30. The summed E-state index contributed by atoms with van der Waals surface area (Å²) in [6.45, 7) is 2.12. The van der Waals surface area contributed by atoms with Crippen molar-refractivity contribution in [1.82, 2.24) is 0 Å². The van der Waals surface area contributed by atoms with Gasteiger partial charge >= 0.3 is 0 Å². The lowest BCUT2D eigenvalue weighted by atomic mass is 9.73. The molecule has 1 atom stereocenters. The van der Waals surface area contributed by atoms with Crippen LogP contribution in [0.25, 0.3) is 5.57 Å². The van der Waals surface area contributed by atoms with E-state index in [-0.39, 0.29) is 11.5 Å². The van der Waals surface area contributed by atoms with Gasteiger partial charge in [-0.2, -0.15) is 10.5 Å². The first-order valence-corrected chi connectivity index (χ1v) is 12.1. The molecule has 0 heterocycles. The highest BCUT2D eigenvalue weighted by Gasteiger charge is 2.28. The average molecular weight is 465 g/mol. The zero-order valence-electron chi connectivity index (χ0n) is 20.4. The largest absolute Gasteiger partial charge is 0.192 e. The molecule has 0 N–H and O–H groups in total. The smallest absolute Gasteiger partial charge is 0.126 e. The van der Waals surface area contributed by atoms with Gasteiger partial charge < -0.3 is 0 Å². The van der Waals surface area contributed by atoms with Gasteiger partial charge in [0.25, 0.3) is 0 Å². The molecule has 174 valence electrons. The van der Waals surface area contributed by atoms with E-state index < -0.39 is 5.41 Å². The Morgan fingerprint density at radius 3 is 1.42 bits per heavy atom. The quantitative estimate of drug-likeness (QED) is 0.246. The van der Waals surface area contributed by atoms with E-state index in [1.807, 2.05) is 54.6 Å². The summed E-state index contributed by atoms with van der Waals surface area (Å²) < 4.78 is 0. The predicted octanol–water partition coefficient (Wildman–Crippen LogP) is 8.32. The van der Waals surface area contributed by atoms with E-state index in [0.29, 0.717) is 6.42 Å². The van der Waals surface area contributed by atoms with Crippen molar-refractivity contribution >= 4 is 5.57 Å². The van der Waals surface area contributed by atoms with Gasteiger partial charge in [0, 0.05) is 11.3 Å². The van der Waals surface area contributed by atoms with Crippen molar-refractivity contribution in [3.63, 3.8) is 0 Å². The minimum Gasteiger partial charge on any atom is -0.192 e. The molecular formula is C34H28N2. The molecule has 0 fully saturated rings. The molecule has 36 heavy (non-hydrogen) atoms. The first-order valence-electron chi connectivity index (χ1n) is 12.1. The third-order valence-electron chi connectivity index (χ3n) is 6.41. The SMILES string of the molecule is CC(C=C(C#N)C#N)(C=C(c1ccccc1)c1ccccc1)CC(c1ccccc1)c1ccccc1. The van der Waals surface area contributed by atoms with Crippen LogP contribution >= 0.6 is 0 Å². The van der Waals surface area contributed by atoms with E-state index in [1.54, 1.807) is 0 Å². The molecule has 0 saturated heterocycles. The number of nitriles is 2. The van der Waals surface area contributed by atoms with E-state index in [4.69, 9.17) is 0 Å². The lowest BCUT2D eigenvalue weighted by molar-refractivity contribution is 0.466. The third kappa shape index (κ3) is 6.06. The highest BCUT2D eigenvalue weighted by molar-refractivity contribution is 5.80. The van der Waals surface area contributed by atoms with E-state index >= 15 is 0 Å². The van der Waals surface area contributed by atoms with Gasteiger partial charge in [-0.25, -0.2) is 0 Å². The summed E-state index contributed by atoms with van der Waals surface area (Å²) in [5, 5.41) is 19.3. The Morgan fingerprint density at radius 1 is 0.639 bits per heavy atom. The second kappa shape index (κ2) is 11.7. The zero-order chi connectivity index (χ0) is 25.2. The van der Waals surface area contributed by atoms with Crippen LogP contribution in [0.3, 0.4) is 0 Å². The summed E-state index contributed by atoms with van der Waals surface area (Å²) in [5.74, 6) is 0.0799. The Labute approximate surface area is 214 Å². The molecule has 4 rings (SSSR count). The second-order valence-corrected chi connectivity index (χ2v) is 9.16. The molecule has 0 radical (unpaired) electrons. The summed E-state index contributed by atoms with van der Waals surface area (Å²) in [7, 11) is 0. The molecule has 4 aromatic carbocycles. The van der Waals surface area contributed by atoms with Crippen molar-refractivity contribution in [3.05, 3.63) is 161 Å². The topological polar surface area (TPSA) is 47.6 Å². The first kappa shape index (κ1) is 24.5. The fourth-order valence-corrected chi connectivity index (χ4v) is 4.72. The van der Waals surface area contributed by atoms with Crippen LogP contribution in [0.15, 0.2) is 139 Å². The molecule has 0 aliphatic rings. The van der Waals surface area contributed by atoms with Gasteiger partial charge in [-0.15, -0.1) is 0 Å². The van der Waals surface area contributed by atoms with Crippen LogP contribution in [0, 0.1) is 28.1 Å². The van der Waals surface area contributed by atoms with Gasteiger partial charge in [0.05, 0.1) is 0 Å². The zero-order valence-corrected chi connectivity index (χ0v) is 20.4. The van der Waals surface area contributed by atoms with E-state index in [9.17, 15) is 10.5 Å². The Hall–Kier alpha value is -4.66. The van der Waals surface area contributed by atoms with E-state index in [0.717, 1.165) is 16.7 Å². The maximum absolute atomic E-state index is 9.66. The Morgan fingerprint density at radius 2 is 1.03 bits per heavy atom. The molecular weight excluding hydrogens is 436 g/mol. The Balaban J connectivity index is 1.91. The fraction of sp³-hybridized carbons (Fsp3) is 0.118. The number of rotatable bonds is 8. The van der Waals surface area contributed by atoms with Crippen molar-refractivity contribution < 1.29 is 0 Å². The first-order chi connectivity index (χ1) is 17.6. The van der Waals surface area contributed by atoms with E-state index in [1.165, 1.54) is 11.1 Å². The average Bonchev–Trinajstić information content (AvgIpc) is 2.95. The summed E-state index contributed by atoms with van der Waals surface area (Å²) in [6.07, 6.45) is 4.75. The van der Waals surface area contributed by atoms with Crippen molar-refractivity contribution in [1.29, 1.82) is 10.5 Å². The van der Waals surface area contributed by atoms with Gasteiger partial charge in [0.2, 0.25) is 0 Å². The van der Waals surface area contributed by atoms with Crippen LogP contribution in [0.5, 0.6) is 0 Å². The van der Waals surface area contributed by atoms with Crippen molar-refractivity contribution in [2.45, 2.75) is 19.3 Å². The molecule has 0 amide bonds. The molecule has 2 heteroatoms. The maximum atomic E-state index is 9.66. The minimum atomic E-state index is -0.585. The Bertz CT molecular complexity index is 1310. The molecule has 4 aromatic rings. The third-order valence-corrected chi connectivity index (χ3v) is 6.41. The number of benzene rings is 4. The minimum absolute atomic E-state index is 0.0799. The predicted molar refractivity (Wildman–Crippen MR) is 147 cm³/mol. The molecule has 0 aromatic heterocycles. The highest BCUT2D eigenvalue weighted by atomic mass is 14.3. The standard InChI is InChI=1S/C34H28N2/c1-34(22-27(25-35)26-36,23-32(28-14-6-2-7-15-28)29-16-8-3-9-17-29)24-33(30-18-10-4-11-19-30)31-20-12-5-13-21-31/h2-23,33H,24H2,1H3. The molecule has 0 bridgehead atoms. The molecule has 1 unspecified atom stereocenters. The lowest BCUT2D eigenvalue weighted by Crippen LogP contribution is -2.18.